The minimum absolute atomic E-state index is 0.226. The molecule has 132 valence electrons. The number of rotatable bonds is 6. The van der Waals surface area contributed by atoms with Gasteiger partial charge in [0.05, 0.1) is 0 Å². The molecule has 0 spiro atoms. The van der Waals surface area contributed by atoms with Crippen molar-refractivity contribution in [1.82, 2.24) is 4.57 Å². The van der Waals surface area contributed by atoms with Crippen LogP contribution < -0.4 is 15.5 Å². The number of esters is 1. The molecular weight excluding hydrogens is 346 g/mol. The first-order valence-electron chi connectivity index (χ1n) is 7.33. The standard InChI is InChI=1S/C16H17N3O5S/c1-10-9-25-16(23)19(10)7-15(22)24-8-14(21)18-13-5-3-4-12(6-13)17-11(2)20/h3-6,9H,7-8H2,1-2H3,(H,17,20)(H,18,21). The van der Waals surface area contributed by atoms with Gasteiger partial charge in [0, 0.05) is 29.4 Å². The summed E-state index contributed by atoms with van der Waals surface area (Å²) in [5, 5.41) is 6.80. The average molecular weight is 363 g/mol. The quantitative estimate of drug-likeness (QED) is 0.754. The molecule has 25 heavy (non-hydrogen) atoms. The number of aryl methyl sites for hydroxylation is 1. The smallest absolute Gasteiger partial charge is 0.326 e. The largest absolute Gasteiger partial charge is 0.454 e. The lowest BCUT2D eigenvalue weighted by atomic mass is 10.2. The number of ether oxygens (including phenoxy) is 1. The van der Waals surface area contributed by atoms with Crippen molar-refractivity contribution in [3.8, 4) is 0 Å². The molecule has 2 rings (SSSR count). The maximum absolute atomic E-state index is 11.8. The van der Waals surface area contributed by atoms with Gasteiger partial charge in [-0.2, -0.15) is 0 Å². The molecule has 1 heterocycles. The summed E-state index contributed by atoms with van der Waals surface area (Å²) in [7, 11) is 0. The predicted octanol–water partition coefficient (Wildman–Crippen LogP) is 1.36. The van der Waals surface area contributed by atoms with Gasteiger partial charge in [-0.25, -0.2) is 0 Å². The molecule has 0 saturated carbocycles. The third kappa shape index (κ3) is 5.57. The zero-order valence-corrected chi connectivity index (χ0v) is 14.5. The van der Waals surface area contributed by atoms with Gasteiger partial charge in [-0.3, -0.25) is 23.7 Å². The van der Waals surface area contributed by atoms with Crippen LogP contribution in [0.3, 0.4) is 0 Å². The van der Waals surface area contributed by atoms with Gasteiger partial charge in [0.25, 0.3) is 5.91 Å². The van der Waals surface area contributed by atoms with Crippen molar-refractivity contribution in [3.05, 3.63) is 45.0 Å². The maximum atomic E-state index is 11.8. The van der Waals surface area contributed by atoms with E-state index in [1.54, 1.807) is 36.6 Å². The first kappa shape index (κ1) is 18.4. The Hall–Kier alpha value is -2.94. The van der Waals surface area contributed by atoms with E-state index in [0.29, 0.717) is 17.1 Å². The first-order valence-corrected chi connectivity index (χ1v) is 8.21. The van der Waals surface area contributed by atoms with E-state index in [9.17, 15) is 19.2 Å². The van der Waals surface area contributed by atoms with Crippen LogP contribution in [0.1, 0.15) is 12.6 Å². The number of aromatic nitrogens is 1. The topological polar surface area (TPSA) is 106 Å². The van der Waals surface area contributed by atoms with E-state index in [1.165, 1.54) is 11.5 Å². The van der Waals surface area contributed by atoms with Crippen LogP contribution in [0, 0.1) is 6.92 Å². The van der Waals surface area contributed by atoms with Crippen LogP contribution in [0.4, 0.5) is 11.4 Å². The number of amides is 2. The SMILES string of the molecule is CC(=O)Nc1cccc(NC(=O)COC(=O)Cn2c(C)csc2=O)c1. The Bertz CT molecular complexity index is 855. The summed E-state index contributed by atoms with van der Waals surface area (Å²) in [6, 6.07) is 6.56. The van der Waals surface area contributed by atoms with Crippen molar-refractivity contribution >= 4 is 40.5 Å². The monoisotopic (exact) mass is 363 g/mol. The number of hydrogen-bond donors (Lipinski definition) is 2. The molecular formula is C16H17N3O5S. The Morgan fingerprint density at radius 1 is 1.20 bits per heavy atom. The number of nitrogens with zero attached hydrogens (tertiary/aromatic N) is 1. The summed E-state index contributed by atoms with van der Waals surface area (Å²) in [5.41, 5.74) is 1.65. The summed E-state index contributed by atoms with van der Waals surface area (Å²) < 4.78 is 6.16. The van der Waals surface area contributed by atoms with Crippen molar-refractivity contribution in [1.29, 1.82) is 0 Å². The van der Waals surface area contributed by atoms with Crippen LogP contribution in [0.25, 0.3) is 0 Å². The van der Waals surface area contributed by atoms with Crippen LogP contribution in [0.15, 0.2) is 34.4 Å². The molecule has 0 radical (unpaired) electrons. The maximum Gasteiger partial charge on any atom is 0.326 e. The Labute approximate surface area is 147 Å². The Morgan fingerprint density at radius 3 is 2.48 bits per heavy atom. The molecule has 0 unspecified atom stereocenters. The Morgan fingerprint density at radius 2 is 1.88 bits per heavy atom. The number of thiazole rings is 1. The van der Waals surface area contributed by atoms with Crippen molar-refractivity contribution in [2.75, 3.05) is 17.2 Å². The molecule has 9 heteroatoms. The molecule has 1 aromatic carbocycles. The van der Waals surface area contributed by atoms with Crippen LogP contribution in [0.2, 0.25) is 0 Å². The summed E-state index contributed by atoms with van der Waals surface area (Å²) >= 11 is 0.995. The van der Waals surface area contributed by atoms with E-state index in [0.717, 1.165) is 11.3 Å². The van der Waals surface area contributed by atoms with Crippen molar-refractivity contribution in [3.63, 3.8) is 0 Å². The van der Waals surface area contributed by atoms with Crippen LogP contribution in [-0.4, -0.2) is 29.0 Å². The van der Waals surface area contributed by atoms with Gasteiger partial charge in [0.2, 0.25) is 5.91 Å². The summed E-state index contributed by atoms with van der Waals surface area (Å²) in [6.45, 7) is 2.38. The summed E-state index contributed by atoms with van der Waals surface area (Å²) in [5.74, 6) is -1.43. The van der Waals surface area contributed by atoms with Gasteiger partial charge in [-0.05, 0) is 25.1 Å². The Balaban J connectivity index is 1.85. The highest BCUT2D eigenvalue weighted by Crippen LogP contribution is 2.14. The lowest BCUT2D eigenvalue weighted by Crippen LogP contribution is -2.26. The van der Waals surface area contributed by atoms with E-state index in [4.69, 9.17) is 4.74 Å². The third-order valence-corrected chi connectivity index (χ3v) is 3.98. The van der Waals surface area contributed by atoms with Crippen LogP contribution in [0.5, 0.6) is 0 Å². The number of anilines is 2. The molecule has 0 aliphatic rings. The first-order chi connectivity index (χ1) is 11.8. The van der Waals surface area contributed by atoms with Gasteiger partial charge in [-0.15, -0.1) is 0 Å². The molecule has 2 aromatic rings. The molecule has 0 bridgehead atoms. The summed E-state index contributed by atoms with van der Waals surface area (Å²) in [6.07, 6.45) is 0. The molecule has 0 aliphatic heterocycles. The Kier molecular flexibility index (Phi) is 6.07. The molecule has 0 atom stereocenters. The lowest BCUT2D eigenvalue weighted by molar-refractivity contribution is -0.147. The third-order valence-electron chi connectivity index (χ3n) is 3.09. The fourth-order valence-corrected chi connectivity index (χ4v) is 2.73. The molecule has 2 N–H and O–H groups in total. The number of nitrogens with one attached hydrogen (secondary N) is 2. The highest BCUT2D eigenvalue weighted by Gasteiger charge is 2.12. The van der Waals surface area contributed by atoms with Gasteiger partial charge >= 0.3 is 10.8 Å². The predicted molar refractivity (Wildman–Crippen MR) is 93.7 cm³/mol. The molecule has 0 aliphatic carbocycles. The summed E-state index contributed by atoms with van der Waals surface area (Å²) in [4.78, 5) is 45.9. The highest BCUT2D eigenvalue weighted by atomic mass is 32.1. The fraction of sp³-hybridized carbons (Fsp3) is 0.250. The van der Waals surface area contributed by atoms with Gasteiger partial charge < -0.3 is 15.4 Å². The van der Waals surface area contributed by atoms with Gasteiger partial charge in [0.1, 0.15) is 6.54 Å². The van der Waals surface area contributed by atoms with E-state index in [-0.39, 0.29) is 17.3 Å². The normalized spacial score (nSPS) is 10.2. The highest BCUT2D eigenvalue weighted by molar-refractivity contribution is 7.07. The second-order valence-corrected chi connectivity index (χ2v) is 6.02. The minimum atomic E-state index is -0.675. The van der Waals surface area contributed by atoms with E-state index >= 15 is 0 Å². The zero-order chi connectivity index (χ0) is 18.4. The van der Waals surface area contributed by atoms with E-state index in [2.05, 4.69) is 10.6 Å². The second-order valence-electron chi connectivity index (χ2n) is 5.20. The van der Waals surface area contributed by atoms with Crippen LogP contribution >= 0.6 is 11.3 Å². The van der Waals surface area contributed by atoms with Gasteiger partial charge in [0.15, 0.2) is 6.61 Å². The van der Waals surface area contributed by atoms with Crippen molar-refractivity contribution in [2.24, 2.45) is 0 Å². The molecule has 8 nitrogen and oxygen atoms in total. The van der Waals surface area contributed by atoms with Crippen molar-refractivity contribution in [2.45, 2.75) is 20.4 Å². The number of carbonyl (C=O) groups excluding carboxylic acids is 3. The molecule has 0 fully saturated rings. The minimum Gasteiger partial charge on any atom is -0.454 e. The molecule has 1 aromatic heterocycles. The zero-order valence-electron chi connectivity index (χ0n) is 13.7. The van der Waals surface area contributed by atoms with Crippen molar-refractivity contribution < 1.29 is 19.1 Å². The molecule has 0 saturated heterocycles. The average Bonchev–Trinajstić information content (AvgIpc) is 2.84. The number of benzene rings is 1. The number of hydrogen-bond acceptors (Lipinski definition) is 6. The lowest BCUT2D eigenvalue weighted by Gasteiger charge is -2.09. The second kappa shape index (κ2) is 8.25. The fourth-order valence-electron chi connectivity index (χ4n) is 1.99. The van der Waals surface area contributed by atoms with Gasteiger partial charge in [-0.1, -0.05) is 17.4 Å². The number of carbonyl (C=O) groups is 3. The van der Waals surface area contributed by atoms with Crippen LogP contribution in [-0.2, 0) is 25.7 Å². The van der Waals surface area contributed by atoms with E-state index in [1.807, 2.05) is 0 Å². The molecule has 2 amide bonds. The van der Waals surface area contributed by atoms with E-state index < -0.39 is 18.5 Å².